The van der Waals surface area contributed by atoms with Gasteiger partial charge in [0.05, 0.1) is 17.7 Å². The van der Waals surface area contributed by atoms with Crippen LogP contribution in [-0.4, -0.2) is 30.9 Å². The zero-order chi connectivity index (χ0) is 13.7. The van der Waals surface area contributed by atoms with E-state index in [1.165, 1.54) is 7.11 Å². The van der Waals surface area contributed by atoms with E-state index in [0.717, 1.165) is 5.56 Å². The molecule has 0 aliphatic heterocycles. The van der Waals surface area contributed by atoms with Gasteiger partial charge in [-0.3, -0.25) is 9.59 Å². The van der Waals surface area contributed by atoms with Gasteiger partial charge in [-0.15, -0.1) is 11.6 Å². The lowest BCUT2D eigenvalue weighted by atomic mass is 10.1. The second-order valence-corrected chi connectivity index (χ2v) is 4.54. The summed E-state index contributed by atoms with van der Waals surface area (Å²) in [5.41, 5.74) is 1.16. The number of halogens is 2. The van der Waals surface area contributed by atoms with Gasteiger partial charge in [-0.25, -0.2) is 0 Å². The summed E-state index contributed by atoms with van der Waals surface area (Å²) < 4.78 is 4.44. The summed E-state index contributed by atoms with van der Waals surface area (Å²) in [5, 5.41) is 2.00. The maximum Gasteiger partial charge on any atom is 0.325 e. The summed E-state index contributed by atoms with van der Waals surface area (Å²) in [6.45, 7) is 1.79. The van der Waals surface area contributed by atoms with Gasteiger partial charge >= 0.3 is 5.97 Å². The van der Waals surface area contributed by atoms with Crippen LogP contribution in [0, 0.1) is 6.92 Å². The van der Waals surface area contributed by atoms with Crippen LogP contribution in [0.2, 0.25) is 5.02 Å². The third-order valence-corrected chi connectivity index (χ3v) is 3.17. The Balaban J connectivity index is 2.66. The number of alkyl halides is 1. The van der Waals surface area contributed by atoms with Crippen LogP contribution in [0.15, 0.2) is 18.2 Å². The van der Waals surface area contributed by atoms with Crippen LogP contribution in [0.1, 0.15) is 15.9 Å². The number of aryl methyl sites for hydroxylation is 1. The standard InChI is InChI=1S/C12H13Cl2NO3/c1-7-4-3-5-8(10(7)14)11(16)15-6-9(13)12(17)18-2/h3-5,9H,6H2,1-2H3,(H,15,16). The highest BCUT2D eigenvalue weighted by Crippen LogP contribution is 2.20. The summed E-state index contributed by atoms with van der Waals surface area (Å²) in [4.78, 5) is 22.9. The molecule has 0 aromatic heterocycles. The van der Waals surface area contributed by atoms with Gasteiger partial charge in [-0.1, -0.05) is 23.7 Å². The van der Waals surface area contributed by atoms with Gasteiger partial charge in [0.1, 0.15) is 5.38 Å². The van der Waals surface area contributed by atoms with E-state index in [4.69, 9.17) is 23.2 Å². The molecule has 0 aliphatic rings. The molecule has 1 rings (SSSR count). The first-order chi connectivity index (χ1) is 8.47. The van der Waals surface area contributed by atoms with Crippen molar-refractivity contribution < 1.29 is 14.3 Å². The number of hydrogen-bond acceptors (Lipinski definition) is 3. The molecule has 1 N–H and O–H groups in total. The number of amides is 1. The lowest BCUT2D eigenvalue weighted by Gasteiger charge is -2.10. The molecular formula is C12H13Cl2NO3. The molecule has 0 radical (unpaired) electrons. The SMILES string of the molecule is COC(=O)C(Cl)CNC(=O)c1cccc(C)c1Cl. The zero-order valence-electron chi connectivity index (χ0n) is 10.00. The molecule has 18 heavy (non-hydrogen) atoms. The van der Waals surface area contributed by atoms with Gasteiger partial charge in [-0.05, 0) is 18.6 Å². The number of esters is 1. The third kappa shape index (κ3) is 3.62. The molecule has 0 heterocycles. The van der Waals surface area contributed by atoms with Crippen LogP contribution < -0.4 is 5.32 Å². The van der Waals surface area contributed by atoms with Crippen molar-refractivity contribution >= 4 is 35.1 Å². The number of carbonyl (C=O) groups is 2. The summed E-state index contributed by atoms with van der Waals surface area (Å²) in [7, 11) is 1.23. The second-order valence-electron chi connectivity index (χ2n) is 3.64. The largest absolute Gasteiger partial charge is 0.468 e. The molecule has 1 unspecified atom stereocenters. The Kier molecular flexibility index (Phi) is 5.44. The molecule has 1 aromatic rings. The molecule has 0 aliphatic carbocycles. The van der Waals surface area contributed by atoms with E-state index >= 15 is 0 Å². The Labute approximate surface area is 115 Å². The molecular weight excluding hydrogens is 277 g/mol. The molecule has 0 saturated carbocycles. The number of methoxy groups -OCH3 is 1. The van der Waals surface area contributed by atoms with Crippen LogP contribution in [0.3, 0.4) is 0 Å². The molecule has 1 amide bonds. The van der Waals surface area contributed by atoms with Crippen molar-refractivity contribution in [1.82, 2.24) is 5.32 Å². The maximum atomic E-state index is 11.8. The average molecular weight is 290 g/mol. The van der Waals surface area contributed by atoms with Gasteiger partial charge in [0.25, 0.3) is 5.91 Å². The van der Waals surface area contributed by atoms with Crippen molar-refractivity contribution in [2.75, 3.05) is 13.7 Å². The zero-order valence-corrected chi connectivity index (χ0v) is 11.5. The van der Waals surface area contributed by atoms with Crippen LogP contribution in [0.5, 0.6) is 0 Å². The summed E-state index contributed by atoms with van der Waals surface area (Å²) in [5.74, 6) is -0.967. The minimum absolute atomic E-state index is 0.0165. The molecule has 1 atom stereocenters. The summed E-state index contributed by atoms with van der Waals surface area (Å²) >= 11 is 11.7. The number of ether oxygens (including phenoxy) is 1. The maximum absolute atomic E-state index is 11.8. The summed E-state index contributed by atoms with van der Waals surface area (Å²) in [6.07, 6.45) is 0. The lowest BCUT2D eigenvalue weighted by Crippen LogP contribution is -2.34. The van der Waals surface area contributed by atoms with Crippen molar-refractivity contribution in [1.29, 1.82) is 0 Å². The van der Waals surface area contributed by atoms with Crippen molar-refractivity contribution in [3.8, 4) is 0 Å². The van der Waals surface area contributed by atoms with E-state index < -0.39 is 11.3 Å². The number of hydrogen-bond donors (Lipinski definition) is 1. The predicted molar refractivity (Wildman–Crippen MR) is 70.2 cm³/mol. The minimum atomic E-state index is -0.914. The first-order valence-electron chi connectivity index (χ1n) is 5.22. The molecule has 0 spiro atoms. The number of rotatable bonds is 4. The number of benzene rings is 1. The monoisotopic (exact) mass is 289 g/mol. The Morgan fingerprint density at radius 3 is 2.72 bits per heavy atom. The number of nitrogens with one attached hydrogen (secondary N) is 1. The molecule has 4 nitrogen and oxygen atoms in total. The highest BCUT2D eigenvalue weighted by atomic mass is 35.5. The number of carbonyl (C=O) groups excluding carboxylic acids is 2. The molecule has 0 fully saturated rings. The van der Waals surface area contributed by atoms with Crippen LogP contribution in [-0.2, 0) is 9.53 Å². The van der Waals surface area contributed by atoms with Crippen LogP contribution in [0.4, 0.5) is 0 Å². The minimum Gasteiger partial charge on any atom is -0.468 e. The quantitative estimate of drug-likeness (QED) is 0.683. The van der Waals surface area contributed by atoms with E-state index in [1.807, 2.05) is 0 Å². The summed E-state index contributed by atoms with van der Waals surface area (Å²) in [6, 6.07) is 5.14. The molecule has 98 valence electrons. The Bertz CT molecular complexity index is 463. The van der Waals surface area contributed by atoms with Crippen molar-refractivity contribution in [3.63, 3.8) is 0 Å². The first kappa shape index (κ1) is 14.8. The van der Waals surface area contributed by atoms with Gasteiger partial charge in [-0.2, -0.15) is 0 Å². The van der Waals surface area contributed by atoms with Crippen molar-refractivity contribution in [2.24, 2.45) is 0 Å². The first-order valence-corrected chi connectivity index (χ1v) is 6.04. The highest BCUT2D eigenvalue weighted by Gasteiger charge is 2.18. The van der Waals surface area contributed by atoms with Crippen LogP contribution >= 0.6 is 23.2 Å². The molecule has 0 bridgehead atoms. The predicted octanol–water partition coefficient (Wildman–Crippen LogP) is 2.16. The highest BCUT2D eigenvalue weighted by molar-refractivity contribution is 6.34. The fourth-order valence-corrected chi connectivity index (χ4v) is 1.69. The molecule has 0 saturated heterocycles. The topological polar surface area (TPSA) is 55.4 Å². The van der Waals surface area contributed by atoms with Gasteiger partial charge in [0, 0.05) is 6.54 Å². The van der Waals surface area contributed by atoms with Gasteiger partial charge in [0.15, 0.2) is 0 Å². The van der Waals surface area contributed by atoms with Crippen molar-refractivity contribution in [2.45, 2.75) is 12.3 Å². The lowest BCUT2D eigenvalue weighted by molar-refractivity contribution is -0.140. The second kappa shape index (κ2) is 6.61. The van der Waals surface area contributed by atoms with Crippen molar-refractivity contribution in [3.05, 3.63) is 34.3 Å². The van der Waals surface area contributed by atoms with Crippen LogP contribution in [0.25, 0.3) is 0 Å². The average Bonchev–Trinajstić information content (AvgIpc) is 2.37. The fraction of sp³-hybridized carbons (Fsp3) is 0.333. The van der Waals surface area contributed by atoms with Gasteiger partial charge < -0.3 is 10.1 Å². The Morgan fingerprint density at radius 2 is 2.11 bits per heavy atom. The van der Waals surface area contributed by atoms with Gasteiger partial charge in [0.2, 0.25) is 0 Å². The Hall–Kier alpha value is -1.26. The third-order valence-electron chi connectivity index (χ3n) is 2.34. The normalized spacial score (nSPS) is 11.8. The Morgan fingerprint density at radius 1 is 1.44 bits per heavy atom. The van der Waals surface area contributed by atoms with E-state index in [2.05, 4.69) is 10.1 Å². The fourth-order valence-electron chi connectivity index (χ4n) is 1.31. The van der Waals surface area contributed by atoms with E-state index in [9.17, 15) is 9.59 Å². The van der Waals surface area contributed by atoms with E-state index in [0.29, 0.717) is 10.6 Å². The molecule has 1 aromatic carbocycles. The smallest absolute Gasteiger partial charge is 0.325 e. The van der Waals surface area contributed by atoms with E-state index in [1.54, 1.807) is 25.1 Å². The van der Waals surface area contributed by atoms with E-state index in [-0.39, 0.29) is 12.5 Å². The molecule has 6 heteroatoms.